The topological polar surface area (TPSA) is 0 Å². The fraction of sp³-hybridized carbons (Fsp3) is 0. The highest BCUT2D eigenvalue weighted by Gasteiger charge is 2.06. The van der Waals surface area contributed by atoms with Gasteiger partial charge in [0.25, 0.3) is 0 Å². The molecular formula is C10H5BrClF. The zero-order valence-electron chi connectivity index (χ0n) is 6.52. The Morgan fingerprint density at radius 1 is 1.08 bits per heavy atom. The summed E-state index contributed by atoms with van der Waals surface area (Å²) < 4.78 is 13.9. The minimum atomic E-state index is -0.264. The minimum Gasteiger partial charge on any atom is -0.205 e. The summed E-state index contributed by atoms with van der Waals surface area (Å²) in [5.74, 6) is -0.264. The number of fused-ring (bicyclic) bond motifs is 1. The zero-order chi connectivity index (χ0) is 9.42. The molecule has 2 aromatic rings. The van der Waals surface area contributed by atoms with Gasteiger partial charge >= 0.3 is 0 Å². The van der Waals surface area contributed by atoms with Crippen LogP contribution in [0.2, 0.25) is 5.02 Å². The van der Waals surface area contributed by atoms with Crippen LogP contribution in [0.4, 0.5) is 4.39 Å². The molecule has 0 aliphatic rings. The molecule has 0 spiro atoms. The Kier molecular flexibility index (Phi) is 2.26. The van der Waals surface area contributed by atoms with Crippen molar-refractivity contribution in [3.63, 3.8) is 0 Å². The van der Waals surface area contributed by atoms with Crippen LogP contribution in [0.3, 0.4) is 0 Å². The molecular weight excluding hydrogens is 254 g/mol. The van der Waals surface area contributed by atoms with Crippen LogP contribution in [0.15, 0.2) is 34.8 Å². The summed E-state index contributed by atoms with van der Waals surface area (Å²) in [5, 5.41) is 1.86. The van der Waals surface area contributed by atoms with Crippen molar-refractivity contribution in [3.8, 4) is 0 Å². The maximum atomic E-state index is 13.5. The van der Waals surface area contributed by atoms with Gasteiger partial charge in [-0.25, -0.2) is 4.39 Å². The molecule has 0 N–H and O–H groups in total. The van der Waals surface area contributed by atoms with Crippen molar-refractivity contribution in [2.75, 3.05) is 0 Å². The fourth-order valence-corrected chi connectivity index (χ4v) is 1.84. The standard InChI is InChI=1S/C10H5BrClF/c11-8-5-4-6-7(10(8)13)2-1-3-9(6)12/h1-5H. The van der Waals surface area contributed by atoms with E-state index in [1.54, 1.807) is 30.3 Å². The lowest BCUT2D eigenvalue weighted by Crippen LogP contribution is -1.81. The maximum Gasteiger partial charge on any atom is 0.145 e. The van der Waals surface area contributed by atoms with Crippen LogP contribution in [0, 0.1) is 5.82 Å². The van der Waals surface area contributed by atoms with Gasteiger partial charge in [-0.3, -0.25) is 0 Å². The SMILES string of the molecule is Fc1c(Br)ccc2c(Cl)cccc12. The van der Waals surface area contributed by atoms with Crippen LogP contribution < -0.4 is 0 Å². The van der Waals surface area contributed by atoms with Crippen molar-refractivity contribution in [1.82, 2.24) is 0 Å². The van der Waals surface area contributed by atoms with E-state index in [2.05, 4.69) is 15.9 Å². The fourth-order valence-electron chi connectivity index (χ4n) is 1.26. The van der Waals surface area contributed by atoms with Gasteiger partial charge in [0.2, 0.25) is 0 Å². The molecule has 0 aliphatic carbocycles. The lowest BCUT2D eigenvalue weighted by atomic mass is 10.1. The van der Waals surface area contributed by atoms with Crippen LogP contribution >= 0.6 is 27.5 Å². The van der Waals surface area contributed by atoms with Gasteiger partial charge in [-0.15, -0.1) is 0 Å². The van der Waals surface area contributed by atoms with Gasteiger partial charge in [0.15, 0.2) is 0 Å². The van der Waals surface area contributed by atoms with Crippen LogP contribution in [-0.2, 0) is 0 Å². The Morgan fingerprint density at radius 3 is 2.62 bits per heavy atom. The van der Waals surface area contributed by atoms with E-state index in [9.17, 15) is 4.39 Å². The number of halogens is 3. The zero-order valence-corrected chi connectivity index (χ0v) is 8.86. The molecule has 0 radical (unpaired) electrons. The van der Waals surface area contributed by atoms with Crippen LogP contribution in [0.5, 0.6) is 0 Å². The predicted octanol–water partition coefficient (Wildman–Crippen LogP) is 4.39. The molecule has 0 aliphatic heterocycles. The van der Waals surface area contributed by atoms with E-state index in [0.717, 1.165) is 5.39 Å². The first-order valence-electron chi connectivity index (χ1n) is 3.72. The lowest BCUT2D eigenvalue weighted by molar-refractivity contribution is 0.633. The average Bonchev–Trinajstić information content (AvgIpc) is 2.12. The van der Waals surface area contributed by atoms with E-state index in [-0.39, 0.29) is 5.82 Å². The Balaban J connectivity index is 2.94. The van der Waals surface area contributed by atoms with Crippen LogP contribution in [-0.4, -0.2) is 0 Å². The van der Waals surface area contributed by atoms with Gasteiger partial charge in [0, 0.05) is 15.8 Å². The van der Waals surface area contributed by atoms with Crippen LogP contribution in [0.1, 0.15) is 0 Å². The molecule has 0 fully saturated rings. The first kappa shape index (κ1) is 8.97. The summed E-state index contributed by atoms with van der Waals surface area (Å²) in [6.07, 6.45) is 0. The highest BCUT2D eigenvalue weighted by molar-refractivity contribution is 9.10. The Morgan fingerprint density at radius 2 is 1.85 bits per heavy atom. The van der Waals surface area contributed by atoms with Crippen LogP contribution in [0.25, 0.3) is 10.8 Å². The van der Waals surface area contributed by atoms with Crippen molar-refractivity contribution in [2.45, 2.75) is 0 Å². The summed E-state index contributed by atoms with van der Waals surface area (Å²) in [6, 6.07) is 8.65. The van der Waals surface area contributed by atoms with Gasteiger partial charge in [0.1, 0.15) is 5.82 Å². The van der Waals surface area contributed by atoms with E-state index < -0.39 is 0 Å². The summed E-state index contributed by atoms with van der Waals surface area (Å²) in [5.41, 5.74) is 0. The van der Waals surface area contributed by atoms with Gasteiger partial charge < -0.3 is 0 Å². The summed E-state index contributed by atoms with van der Waals surface area (Å²) in [7, 11) is 0. The molecule has 0 unspecified atom stereocenters. The Labute approximate surface area is 88.4 Å². The number of benzene rings is 2. The molecule has 0 nitrogen and oxygen atoms in total. The molecule has 66 valence electrons. The van der Waals surface area contributed by atoms with Gasteiger partial charge in [-0.1, -0.05) is 29.8 Å². The number of hydrogen-bond donors (Lipinski definition) is 0. The highest BCUT2D eigenvalue weighted by atomic mass is 79.9. The molecule has 0 bridgehead atoms. The smallest absolute Gasteiger partial charge is 0.145 e. The van der Waals surface area contributed by atoms with Crippen molar-refractivity contribution in [3.05, 3.63) is 45.6 Å². The molecule has 0 amide bonds. The van der Waals surface area contributed by atoms with E-state index >= 15 is 0 Å². The Bertz CT molecular complexity index is 468. The van der Waals surface area contributed by atoms with Crippen molar-refractivity contribution in [1.29, 1.82) is 0 Å². The molecule has 2 rings (SSSR count). The van der Waals surface area contributed by atoms with E-state index in [1.165, 1.54) is 0 Å². The van der Waals surface area contributed by atoms with Crippen molar-refractivity contribution >= 4 is 38.3 Å². The van der Waals surface area contributed by atoms with E-state index in [1.807, 2.05) is 0 Å². The molecule has 3 heteroatoms. The third-order valence-corrected chi connectivity index (χ3v) is 2.84. The minimum absolute atomic E-state index is 0.264. The van der Waals surface area contributed by atoms with E-state index in [4.69, 9.17) is 11.6 Å². The maximum absolute atomic E-state index is 13.5. The summed E-state index contributed by atoms with van der Waals surface area (Å²) in [6.45, 7) is 0. The largest absolute Gasteiger partial charge is 0.205 e. The Hall–Kier alpha value is -0.600. The average molecular weight is 260 g/mol. The third kappa shape index (κ3) is 1.45. The normalized spacial score (nSPS) is 10.7. The van der Waals surface area contributed by atoms with Crippen molar-refractivity contribution < 1.29 is 4.39 Å². The second-order valence-corrected chi connectivity index (χ2v) is 3.96. The molecule has 0 saturated heterocycles. The van der Waals surface area contributed by atoms with Gasteiger partial charge in [-0.2, -0.15) is 0 Å². The second-order valence-electron chi connectivity index (χ2n) is 2.70. The van der Waals surface area contributed by atoms with Crippen molar-refractivity contribution in [2.24, 2.45) is 0 Å². The third-order valence-electron chi connectivity index (χ3n) is 1.90. The number of hydrogen-bond acceptors (Lipinski definition) is 0. The van der Waals surface area contributed by atoms with Gasteiger partial charge in [0.05, 0.1) is 4.47 Å². The van der Waals surface area contributed by atoms with Gasteiger partial charge in [-0.05, 0) is 28.1 Å². The molecule has 13 heavy (non-hydrogen) atoms. The summed E-state index contributed by atoms with van der Waals surface area (Å²) in [4.78, 5) is 0. The monoisotopic (exact) mass is 258 g/mol. The first-order valence-corrected chi connectivity index (χ1v) is 4.89. The predicted molar refractivity (Wildman–Crippen MR) is 56.6 cm³/mol. The molecule has 0 aromatic heterocycles. The molecule has 0 heterocycles. The van der Waals surface area contributed by atoms with E-state index in [0.29, 0.717) is 14.9 Å². The number of rotatable bonds is 0. The first-order chi connectivity index (χ1) is 6.20. The summed E-state index contributed by atoms with van der Waals surface area (Å²) >= 11 is 9.02. The molecule has 0 saturated carbocycles. The molecule has 2 aromatic carbocycles. The highest BCUT2D eigenvalue weighted by Crippen LogP contribution is 2.29. The second kappa shape index (κ2) is 3.28. The lowest BCUT2D eigenvalue weighted by Gasteiger charge is -2.02. The molecule has 0 atom stereocenters. The quantitative estimate of drug-likeness (QED) is 0.658.